The summed E-state index contributed by atoms with van der Waals surface area (Å²) >= 11 is 4.28. The second kappa shape index (κ2) is 5.25. The molecule has 3 rings (SSSR count). The first kappa shape index (κ1) is 12.5. The van der Waals surface area contributed by atoms with E-state index in [-0.39, 0.29) is 5.91 Å². The highest BCUT2D eigenvalue weighted by Gasteiger charge is 2.27. The molecule has 1 aromatic carbocycles. The van der Waals surface area contributed by atoms with Crippen LogP contribution in [0.1, 0.15) is 12.0 Å². The predicted molar refractivity (Wildman–Crippen MR) is 78.3 cm³/mol. The van der Waals surface area contributed by atoms with Crippen molar-refractivity contribution in [3.8, 4) is 0 Å². The van der Waals surface area contributed by atoms with Crippen molar-refractivity contribution in [3.63, 3.8) is 0 Å². The smallest absolute Gasteiger partial charge is 0.222 e. The van der Waals surface area contributed by atoms with Crippen LogP contribution in [0, 0.1) is 5.92 Å². The van der Waals surface area contributed by atoms with E-state index in [0.29, 0.717) is 12.3 Å². The fraction of sp³-hybridized carbons (Fsp3) is 0.429. The number of fused-ring (bicyclic) bond motifs is 1. The van der Waals surface area contributed by atoms with Crippen LogP contribution in [-0.2, 0) is 11.2 Å². The molecule has 0 radical (unpaired) electrons. The molecule has 19 heavy (non-hydrogen) atoms. The zero-order chi connectivity index (χ0) is 13.2. The van der Waals surface area contributed by atoms with Crippen molar-refractivity contribution in [2.24, 2.45) is 5.92 Å². The third-order valence-electron chi connectivity index (χ3n) is 3.73. The van der Waals surface area contributed by atoms with Crippen LogP contribution < -0.4 is 0 Å². The van der Waals surface area contributed by atoms with Gasteiger partial charge in [-0.15, -0.1) is 0 Å². The highest BCUT2D eigenvalue weighted by atomic mass is 32.1. The van der Waals surface area contributed by atoms with Gasteiger partial charge in [-0.25, -0.2) is 0 Å². The van der Waals surface area contributed by atoms with Crippen molar-refractivity contribution in [3.05, 3.63) is 30.0 Å². The van der Waals surface area contributed by atoms with Gasteiger partial charge in [0.05, 0.1) is 11.7 Å². The Balaban J connectivity index is 1.64. The third-order valence-corrected chi connectivity index (χ3v) is 4.24. The molecule has 1 fully saturated rings. The Morgan fingerprint density at radius 2 is 2.37 bits per heavy atom. The summed E-state index contributed by atoms with van der Waals surface area (Å²) in [5.41, 5.74) is 2.30. The molecule has 4 nitrogen and oxygen atoms in total. The number of aromatic nitrogens is 2. The van der Waals surface area contributed by atoms with Crippen molar-refractivity contribution < 1.29 is 4.79 Å². The summed E-state index contributed by atoms with van der Waals surface area (Å²) in [4.78, 5) is 13.8. The van der Waals surface area contributed by atoms with Crippen LogP contribution in [0.3, 0.4) is 0 Å². The number of H-pyrrole nitrogens is 1. The van der Waals surface area contributed by atoms with Crippen molar-refractivity contribution in [2.75, 3.05) is 18.8 Å². The molecule has 1 aliphatic rings. The Morgan fingerprint density at radius 3 is 3.16 bits per heavy atom. The number of carbonyl (C=O) groups is 1. The fourth-order valence-electron chi connectivity index (χ4n) is 2.60. The maximum atomic E-state index is 11.8. The van der Waals surface area contributed by atoms with Crippen LogP contribution in [0.2, 0.25) is 0 Å². The van der Waals surface area contributed by atoms with E-state index in [2.05, 4.69) is 35.0 Å². The summed E-state index contributed by atoms with van der Waals surface area (Å²) in [6.45, 7) is 1.66. The first-order chi connectivity index (χ1) is 9.26. The van der Waals surface area contributed by atoms with Crippen LogP contribution in [0.4, 0.5) is 0 Å². The number of aromatic amines is 1. The number of amides is 1. The molecule has 100 valence electrons. The highest BCUT2D eigenvalue weighted by Crippen LogP contribution is 2.20. The van der Waals surface area contributed by atoms with Gasteiger partial charge in [0.2, 0.25) is 5.91 Å². The number of nitrogens with zero attached hydrogens (tertiary/aromatic N) is 2. The number of benzene rings is 1. The normalized spacial score (nSPS) is 19.5. The summed E-state index contributed by atoms with van der Waals surface area (Å²) in [5.74, 6) is 1.49. The number of hydrogen-bond acceptors (Lipinski definition) is 3. The minimum absolute atomic E-state index is 0.267. The second-order valence-corrected chi connectivity index (χ2v) is 5.50. The van der Waals surface area contributed by atoms with Crippen LogP contribution in [0.5, 0.6) is 0 Å². The van der Waals surface area contributed by atoms with Gasteiger partial charge in [0.15, 0.2) is 0 Å². The molecule has 2 heterocycles. The Bertz CT molecular complexity index is 595. The van der Waals surface area contributed by atoms with Crippen LogP contribution in [-0.4, -0.2) is 39.8 Å². The van der Waals surface area contributed by atoms with Gasteiger partial charge in [-0.3, -0.25) is 9.89 Å². The first-order valence-corrected chi connectivity index (χ1v) is 7.20. The largest absolute Gasteiger partial charge is 0.342 e. The zero-order valence-electron chi connectivity index (χ0n) is 10.7. The number of nitrogens with one attached hydrogen (secondary N) is 1. The highest BCUT2D eigenvalue weighted by molar-refractivity contribution is 7.80. The lowest BCUT2D eigenvalue weighted by atomic mass is 10.1. The van der Waals surface area contributed by atoms with E-state index in [1.807, 2.05) is 17.2 Å². The number of likely N-dealkylation sites (tertiary alicyclic amines) is 1. The Labute approximate surface area is 117 Å². The van der Waals surface area contributed by atoms with Crippen LogP contribution in [0.25, 0.3) is 10.9 Å². The Hall–Kier alpha value is -1.49. The fourth-order valence-corrected chi connectivity index (χ4v) is 2.85. The Morgan fingerprint density at radius 1 is 1.47 bits per heavy atom. The summed E-state index contributed by atoms with van der Waals surface area (Å²) in [6, 6.07) is 6.27. The molecule has 1 aliphatic heterocycles. The number of hydrogen-bond donors (Lipinski definition) is 2. The van der Waals surface area contributed by atoms with Crippen molar-refractivity contribution in [1.29, 1.82) is 0 Å². The van der Waals surface area contributed by atoms with Gasteiger partial charge < -0.3 is 4.90 Å². The maximum Gasteiger partial charge on any atom is 0.222 e. The minimum Gasteiger partial charge on any atom is -0.342 e. The number of carbonyl (C=O) groups excluding carboxylic acids is 1. The van der Waals surface area contributed by atoms with Crippen molar-refractivity contribution in [2.45, 2.75) is 12.8 Å². The lowest BCUT2D eigenvalue weighted by Crippen LogP contribution is -2.27. The van der Waals surface area contributed by atoms with Gasteiger partial charge in [0.25, 0.3) is 0 Å². The summed E-state index contributed by atoms with van der Waals surface area (Å²) in [5, 5.41) is 8.08. The van der Waals surface area contributed by atoms with E-state index < -0.39 is 0 Å². The first-order valence-electron chi connectivity index (χ1n) is 6.57. The zero-order valence-corrected chi connectivity index (χ0v) is 11.6. The van der Waals surface area contributed by atoms with E-state index in [4.69, 9.17) is 0 Å². The van der Waals surface area contributed by atoms with E-state index in [1.165, 1.54) is 5.56 Å². The van der Waals surface area contributed by atoms with Gasteiger partial charge >= 0.3 is 0 Å². The maximum absolute atomic E-state index is 11.8. The van der Waals surface area contributed by atoms with Crippen molar-refractivity contribution >= 4 is 29.4 Å². The molecule has 2 aromatic rings. The lowest BCUT2D eigenvalue weighted by molar-refractivity contribution is -0.127. The van der Waals surface area contributed by atoms with E-state index in [0.717, 1.165) is 36.2 Å². The van der Waals surface area contributed by atoms with Gasteiger partial charge in [-0.05, 0) is 35.8 Å². The van der Waals surface area contributed by atoms with Crippen LogP contribution in [0.15, 0.2) is 24.4 Å². The second-order valence-electron chi connectivity index (χ2n) is 5.13. The topological polar surface area (TPSA) is 49.0 Å². The molecule has 5 heteroatoms. The molecule has 0 aliphatic carbocycles. The molecule has 1 aromatic heterocycles. The predicted octanol–water partition coefficient (Wildman–Crippen LogP) is 1.88. The van der Waals surface area contributed by atoms with Gasteiger partial charge in [-0.2, -0.15) is 17.7 Å². The molecule has 1 amide bonds. The summed E-state index contributed by atoms with van der Waals surface area (Å²) in [6.07, 6.45) is 3.38. The Kier molecular flexibility index (Phi) is 3.46. The molecule has 1 unspecified atom stereocenters. The van der Waals surface area contributed by atoms with Crippen LogP contribution >= 0.6 is 12.6 Å². The number of rotatable bonds is 4. The SMILES string of the molecule is O=C1CC(CS)CN1CCc1ccc2[nH]ncc2c1. The minimum atomic E-state index is 0.267. The summed E-state index contributed by atoms with van der Waals surface area (Å²) in [7, 11) is 0. The summed E-state index contributed by atoms with van der Waals surface area (Å²) < 4.78 is 0. The van der Waals surface area contributed by atoms with E-state index in [9.17, 15) is 4.79 Å². The van der Waals surface area contributed by atoms with E-state index >= 15 is 0 Å². The monoisotopic (exact) mass is 275 g/mol. The van der Waals surface area contributed by atoms with E-state index in [1.54, 1.807) is 0 Å². The molecular weight excluding hydrogens is 258 g/mol. The van der Waals surface area contributed by atoms with Gasteiger partial charge in [0.1, 0.15) is 0 Å². The molecule has 1 atom stereocenters. The molecule has 1 N–H and O–H groups in total. The van der Waals surface area contributed by atoms with Gasteiger partial charge in [0, 0.05) is 24.9 Å². The number of thiol groups is 1. The average Bonchev–Trinajstić information content (AvgIpc) is 3.02. The standard InChI is InChI=1S/C14H17N3OS/c18-14-6-11(9-19)8-17(14)4-3-10-1-2-13-12(5-10)7-15-16-13/h1-2,5,7,11,19H,3-4,6,8-9H2,(H,15,16). The lowest BCUT2D eigenvalue weighted by Gasteiger charge is -2.16. The average molecular weight is 275 g/mol. The van der Waals surface area contributed by atoms with Gasteiger partial charge in [-0.1, -0.05) is 6.07 Å². The van der Waals surface area contributed by atoms with Crippen molar-refractivity contribution in [1.82, 2.24) is 15.1 Å². The third kappa shape index (κ3) is 2.61. The molecule has 1 saturated heterocycles. The molecule has 0 bridgehead atoms. The quantitative estimate of drug-likeness (QED) is 0.837. The molecular formula is C14H17N3OS. The molecule has 0 spiro atoms. The molecule has 0 saturated carbocycles.